The minimum absolute atomic E-state index is 0.252. The summed E-state index contributed by atoms with van der Waals surface area (Å²) in [5.74, 6) is -0.352. The maximum atomic E-state index is 11.7. The largest absolute Gasteiger partial charge is 0.465 e. The maximum Gasteiger partial charge on any atom is 0.337 e. The van der Waals surface area contributed by atoms with Crippen LogP contribution in [-0.4, -0.2) is 41.2 Å². The molecule has 0 saturated carbocycles. The van der Waals surface area contributed by atoms with E-state index in [0.717, 1.165) is 29.9 Å². The highest BCUT2D eigenvalue weighted by Crippen LogP contribution is 2.31. The van der Waals surface area contributed by atoms with E-state index >= 15 is 0 Å². The molecular formula is C22H24N4O3. The van der Waals surface area contributed by atoms with Crippen molar-refractivity contribution >= 4 is 11.7 Å². The Hall–Kier alpha value is -3.19. The van der Waals surface area contributed by atoms with E-state index < -0.39 is 0 Å². The Kier molecular flexibility index (Phi) is 5.57. The molecule has 0 radical (unpaired) electrons. The molecule has 0 spiro atoms. The second-order valence-corrected chi connectivity index (χ2v) is 6.97. The highest BCUT2D eigenvalue weighted by molar-refractivity contribution is 5.89. The number of aromatic nitrogens is 3. The number of anilines is 1. The number of nitrogens with zero attached hydrogens (tertiary/aromatic N) is 4. The van der Waals surface area contributed by atoms with Gasteiger partial charge in [-0.3, -0.25) is 0 Å². The first-order chi connectivity index (χ1) is 14.2. The minimum atomic E-state index is -0.352. The molecule has 0 N–H and O–H groups in total. The highest BCUT2D eigenvalue weighted by Gasteiger charge is 2.29. The summed E-state index contributed by atoms with van der Waals surface area (Å²) in [5, 5.41) is 8.58. The van der Waals surface area contributed by atoms with Gasteiger partial charge in [-0.25, -0.2) is 9.48 Å². The summed E-state index contributed by atoms with van der Waals surface area (Å²) in [6.07, 6.45) is 2.66. The van der Waals surface area contributed by atoms with E-state index in [1.54, 1.807) is 16.8 Å². The zero-order valence-electron chi connectivity index (χ0n) is 16.6. The van der Waals surface area contributed by atoms with Gasteiger partial charge in [0.15, 0.2) is 6.23 Å². The molecule has 4 rings (SSSR count). The van der Waals surface area contributed by atoms with E-state index in [-0.39, 0.29) is 12.2 Å². The summed E-state index contributed by atoms with van der Waals surface area (Å²) in [6, 6.07) is 15.9. The van der Waals surface area contributed by atoms with Crippen LogP contribution in [0.5, 0.6) is 0 Å². The van der Waals surface area contributed by atoms with Gasteiger partial charge in [0.2, 0.25) is 0 Å². The van der Waals surface area contributed by atoms with Gasteiger partial charge in [0.05, 0.1) is 32.0 Å². The number of aryl methyl sites for hydroxylation is 1. The molecule has 3 aromatic rings. The number of benzene rings is 2. The first-order valence-corrected chi connectivity index (χ1v) is 9.72. The Morgan fingerprint density at radius 3 is 2.79 bits per heavy atom. The van der Waals surface area contributed by atoms with E-state index in [9.17, 15) is 4.79 Å². The number of hydrogen-bond acceptors (Lipinski definition) is 6. The third-order valence-corrected chi connectivity index (χ3v) is 5.07. The topological polar surface area (TPSA) is 69.5 Å². The number of methoxy groups -OCH3 is 1. The van der Waals surface area contributed by atoms with Gasteiger partial charge in [0.1, 0.15) is 5.69 Å². The lowest BCUT2D eigenvalue weighted by Gasteiger charge is -2.23. The van der Waals surface area contributed by atoms with Crippen LogP contribution >= 0.6 is 0 Å². The normalized spacial score (nSPS) is 16.2. The smallest absolute Gasteiger partial charge is 0.337 e. The predicted octanol–water partition coefficient (Wildman–Crippen LogP) is 3.21. The second kappa shape index (κ2) is 8.45. The van der Waals surface area contributed by atoms with Gasteiger partial charge in [0, 0.05) is 12.2 Å². The molecule has 150 valence electrons. The van der Waals surface area contributed by atoms with Crippen molar-refractivity contribution < 1.29 is 14.3 Å². The van der Waals surface area contributed by atoms with Crippen molar-refractivity contribution in [3.8, 4) is 0 Å². The van der Waals surface area contributed by atoms with Crippen LogP contribution in [0.3, 0.4) is 0 Å². The fourth-order valence-corrected chi connectivity index (χ4v) is 3.51. The van der Waals surface area contributed by atoms with E-state index in [4.69, 9.17) is 9.47 Å². The second-order valence-electron chi connectivity index (χ2n) is 6.97. The van der Waals surface area contributed by atoms with Crippen LogP contribution in [-0.2, 0) is 22.4 Å². The maximum absolute atomic E-state index is 11.7. The van der Waals surface area contributed by atoms with Crippen molar-refractivity contribution in [1.29, 1.82) is 0 Å². The van der Waals surface area contributed by atoms with Crippen LogP contribution in [0, 0.1) is 0 Å². The van der Waals surface area contributed by atoms with Crippen LogP contribution in [0.4, 0.5) is 5.69 Å². The Morgan fingerprint density at radius 1 is 1.21 bits per heavy atom. The molecule has 7 nitrogen and oxygen atoms in total. The lowest BCUT2D eigenvalue weighted by atomic mass is 10.1. The van der Waals surface area contributed by atoms with Gasteiger partial charge in [-0.15, -0.1) is 5.10 Å². The van der Waals surface area contributed by atoms with E-state index in [1.165, 1.54) is 12.7 Å². The van der Waals surface area contributed by atoms with Gasteiger partial charge in [-0.2, -0.15) is 0 Å². The summed E-state index contributed by atoms with van der Waals surface area (Å²) < 4.78 is 12.5. The summed E-state index contributed by atoms with van der Waals surface area (Å²) in [6.45, 7) is 4.12. The number of esters is 1. The molecule has 7 heteroatoms. The molecule has 1 aliphatic rings. The van der Waals surface area contributed by atoms with Crippen LogP contribution in [0.25, 0.3) is 0 Å². The fourth-order valence-electron chi connectivity index (χ4n) is 3.51. The average Bonchev–Trinajstić information content (AvgIpc) is 3.43. The molecular weight excluding hydrogens is 368 g/mol. The number of rotatable bonds is 6. The number of carbonyl (C=O) groups is 1. The lowest BCUT2D eigenvalue weighted by Crippen LogP contribution is -2.23. The Morgan fingerprint density at radius 2 is 2.03 bits per heavy atom. The molecule has 29 heavy (non-hydrogen) atoms. The van der Waals surface area contributed by atoms with Gasteiger partial charge in [0.25, 0.3) is 0 Å². The summed E-state index contributed by atoms with van der Waals surface area (Å²) in [4.78, 5) is 13.9. The Balaban J connectivity index is 1.50. The monoisotopic (exact) mass is 392 g/mol. The molecule has 2 heterocycles. The molecule has 2 aromatic carbocycles. The number of hydrogen-bond donors (Lipinski definition) is 0. The molecule has 0 bridgehead atoms. The summed E-state index contributed by atoms with van der Waals surface area (Å²) in [7, 11) is 1.38. The standard InChI is InChI=1S/C22H24N4O3/c1-3-16-7-9-19(10-8-16)26-11-12-29-21(26)20-15-25(24-23-20)14-17-5-4-6-18(13-17)22(27)28-2/h4-10,13,15,21H,3,11-12,14H2,1-2H3/t21-/m0/s1. The lowest BCUT2D eigenvalue weighted by molar-refractivity contribution is 0.0600. The first-order valence-electron chi connectivity index (χ1n) is 9.72. The Labute approximate surface area is 169 Å². The third-order valence-electron chi connectivity index (χ3n) is 5.07. The molecule has 0 amide bonds. The molecule has 1 fully saturated rings. The van der Waals surface area contributed by atoms with Crippen LogP contribution in [0.15, 0.2) is 54.7 Å². The highest BCUT2D eigenvalue weighted by atomic mass is 16.5. The van der Waals surface area contributed by atoms with Gasteiger partial charge < -0.3 is 14.4 Å². The zero-order chi connectivity index (χ0) is 20.2. The first kappa shape index (κ1) is 19.1. The van der Waals surface area contributed by atoms with Crippen molar-refractivity contribution in [3.05, 3.63) is 77.1 Å². The van der Waals surface area contributed by atoms with Gasteiger partial charge in [-0.1, -0.05) is 36.4 Å². The quantitative estimate of drug-likeness (QED) is 0.600. The van der Waals surface area contributed by atoms with Crippen LogP contribution in [0.2, 0.25) is 0 Å². The summed E-state index contributed by atoms with van der Waals surface area (Å²) >= 11 is 0. The van der Waals surface area contributed by atoms with Crippen LogP contribution < -0.4 is 4.90 Å². The average molecular weight is 392 g/mol. The fraction of sp³-hybridized carbons (Fsp3) is 0.318. The predicted molar refractivity (Wildman–Crippen MR) is 109 cm³/mol. The Bertz CT molecular complexity index is 984. The SMILES string of the molecule is CCc1ccc(N2CCO[C@H]2c2cn(Cc3cccc(C(=O)OC)c3)nn2)cc1. The van der Waals surface area contributed by atoms with Gasteiger partial charge in [-0.05, 0) is 41.8 Å². The summed E-state index contributed by atoms with van der Waals surface area (Å²) in [5.41, 5.74) is 4.66. The van der Waals surface area contributed by atoms with Crippen molar-refractivity contribution in [2.45, 2.75) is 26.1 Å². The minimum Gasteiger partial charge on any atom is -0.465 e. The molecule has 1 atom stereocenters. The number of ether oxygens (including phenoxy) is 2. The van der Waals surface area contributed by atoms with Crippen molar-refractivity contribution in [3.63, 3.8) is 0 Å². The molecule has 1 aromatic heterocycles. The molecule has 0 unspecified atom stereocenters. The van der Waals surface area contributed by atoms with Gasteiger partial charge >= 0.3 is 5.97 Å². The van der Waals surface area contributed by atoms with E-state index in [1.807, 2.05) is 18.3 Å². The molecule has 0 aliphatic carbocycles. The van der Waals surface area contributed by atoms with E-state index in [0.29, 0.717) is 18.7 Å². The van der Waals surface area contributed by atoms with Crippen molar-refractivity contribution in [2.24, 2.45) is 0 Å². The molecule has 1 aliphatic heterocycles. The van der Waals surface area contributed by atoms with Crippen molar-refractivity contribution in [1.82, 2.24) is 15.0 Å². The van der Waals surface area contributed by atoms with Crippen molar-refractivity contribution in [2.75, 3.05) is 25.2 Å². The van der Waals surface area contributed by atoms with Crippen LogP contribution in [0.1, 0.15) is 40.3 Å². The number of carbonyl (C=O) groups excluding carboxylic acids is 1. The van der Waals surface area contributed by atoms with E-state index in [2.05, 4.69) is 46.4 Å². The molecule has 1 saturated heterocycles. The zero-order valence-corrected chi connectivity index (χ0v) is 16.6. The third kappa shape index (κ3) is 4.14.